The molecular weight excluding hydrogens is 458 g/mol. The van der Waals surface area contributed by atoms with Crippen molar-refractivity contribution < 1.29 is 14.3 Å². The zero-order chi connectivity index (χ0) is 22.6. The van der Waals surface area contributed by atoms with Gasteiger partial charge in [0.25, 0.3) is 5.56 Å². The van der Waals surface area contributed by atoms with Gasteiger partial charge in [0, 0.05) is 30.5 Å². The van der Waals surface area contributed by atoms with Crippen LogP contribution in [0.15, 0.2) is 63.4 Å². The van der Waals surface area contributed by atoms with Crippen LogP contribution in [-0.4, -0.2) is 40.2 Å². The van der Waals surface area contributed by atoms with Gasteiger partial charge in [-0.15, -0.1) is 11.8 Å². The maximum atomic E-state index is 13.1. The van der Waals surface area contributed by atoms with Gasteiger partial charge in [0.1, 0.15) is 13.2 Å². The number of amides is 1. The van der Waals surface area contributed by atoms with Gasteiger partial charge in [-0.25, -0.2) is 4.98 Å². The van der Waals surface area contributed by atoms with Gasteiger partial charge in [-0.1, -0.05) is 42.1 Å². The van der Waals surface area contributed by atoms with E-state index in [0.717, 1.165) is 34.7 Å². The van der Waals surface area contributed by atoms with Crippen LogP contribution >= 0.6 is 23.5 Å². The van der Waals surface area contributed by atoms with Crippen LogP contribution in [0.1, 0.15) is 11.3 Å². The molecule has 0 saturated carbocycles. The standard InChI is InChI=1S/C24H23N3O4S2/c28-21(25-17-6-7-19-20(14-17)31-12-11-30-19)15-33-24-26-18-9-13-32-22(18)23(29)27(24)10-8-16-4-2-1-3-5-16/h1-7,14H,8-13,15H2,(H,25,28). The monoisotopic (exact) mass is 481 g/mol. The number of anilines is 1. The molecule has 1 N–H and O–H groups in total. The van der Waals surface area contributed by atoms with Crippen LogP contribution in [0.25, 0.3) is 0 Å². The Kier molecular flexibility index (Phi) is 6.59. The molecule has 7 nitrogen and oxygen atoms in total. The van der Waals surface area contributed by atoms with Crippen LogP contribution < -0.4 is 20.3 Å². The number of aryl methyl sites for hydroxylation is 2. The lowest BCUT2D eigenvalue weighted by Crippen LogP contribution is -2.27. The summed E-state index contributed by atoms with van der Waals surface area (Å²) in [5.41, 5.74) is 2.64. The number of aromatic nitrogens is 2. The molecule has 0 atom stereocenters. The van der Waals surface area contributed by atoms with Crippen LogP contribution in [-0.2, 0) is 24.2 Å². The number of carbonyl (C=O) groups excluding carboxylic acids is 1. The average molecular weight is 482 g/mol. The Hall–Kier alpha value is -2.91. The summed E-state index contributed by atoms with van der Waals surface area (Å²) in [6, 6.07) is 15.4. The summed E-state index contributed by atoms with van der Waals surface area (Å²) in [5, 5.41) is 3.48. The fraction of sp³-hybridized carbons (Fsp3) is 0.292. The van der Waals surface area contributed by atoms with Gasteiger partial charge >= 0.3 is 0 Å². The van der Waals surface area contributed by atoms with E-state index in [-0.39, 0.29) is 17.2 Å². The normalized spacial score (nSPS) is 14.1. The van der Waals surface area contributed by atoms with Crippen LogP contribution in [0.2, 0.25) is 0 Å². The van der Waals surface area contributed by atoms with Crippen LogP contribution in [0.3, 0.4) is 0 Å². The van der Waals surface area contributed by atoms with Crippen molar-refractivity contribution in [1.29, 1.82) is 0 Å². The Bertz CT molecular complexity index is 1230. The SMILES string of the molecule is O=C(CSc1nc2c(c(=O)n1CCc1ccccc1)SCC2)Nc1ccc2c(c1)OCCO2. The van der Waals surface area contributed by atoms with E-state index in [0.29, 0.717) is 42.1 Å². The summed E-state index contributed by atoms with van der Waals surface area (Å²) in [4.78, 5) is 31.3. The molecule has 0 saturated heterocycles. The number of rotatable bonds is 7. The molecule has 0 spiro atoms. The van der Waals surface area contributed by atoms with E-state index in [1.54, 1.807) is 34.5 Å². The molecule has 0 unspecified atom stereocenters. The Morgan fingerprint density at radius 2 is 1.94 bits per heavy atom. The third kappa shape index (κ3) is 5.04. The molecule has 33 heavy (non-hydrogen) atoms. The fourth-order valence-electron chi connectivity index (χ4n) is 3.76. The van der Waals surface area contributed by atoms with Crippen LogP contribution in [0, 0.1) is 0 Å². The van der Waals surface area contributed by atoms with Crippen molar-refractivity contribution in [1.82, 2.24) is 9.55 Å². The largest absolute Gasteiger partial charge is 0.486 e. The molecule has 0 radical (unpaired) electrons. The summed E-state index contributed by atoms with van der Waals surface area (Å²) in [6.45, 7) is 1.53. The third-order valence-corrected chi connectivity index (χ3v) is 7.46. The first-order valence-corrected chi connectivity index (χ1v) is 12.8. The van der Waals surface area contributed by atoms with Crippen LogP contribution in [0.4, 0.5) is 5.69 Å². The fourth-order valence-corrected chi connectivity index (χ4v) is 5.65. The quantitative estimate of drug-likeness (QED) is 0.408. The van der Waals surface area contributed by atoms with E-state index < -0.39 is 0 Å². The summed E-state index contributed by atoms with van der Waals surface area (Å²) >= 11 is 2.86. The van der Waals surface area contributed by atoms with E-state index in [4.69, 9.17) is 14.5 Å². The Balaban J connectivity index is 1.29. The molecule has 1 aromatic heterocycles. The zero-order valence-corrected chi connectivity index (χ0v) is 19.5. The van der Waals surface area contributed by atoms with Crippen molar-refractivity contribution in [2.24, 2.45) is 0 Å². The topological polar surface area (TPSA) is 82.5 Å². The van der Waals surface area contributed by atoms with E-state index in [2.05, 4.69) is 5.32 Å². The molecule has 5 rings (SSSR count). The lowest BCUT2D eigenvalue weighted by atomic mass is 10.1. The molecule has 2 aliphatic heterocycles. The second-order valence-electron chi connectivity index (χ2n) is 7.66. The number of hydrogen-bond donors (Lipinski definition) is 1. The van der Waals surface area contributed by atoms with Crippen molar-refractivity contribution >= 4 is 35.1 Å². The first-order chi connectivity index (χ1) is 16.2. The smallest absolute Gasteiger partial charge is 0.268 e. The number of hydrogen-bond acceptors (Lipinski definition) is 7. The summed E-state index contributed by atoms with van der Waals surface area (Å²) in [5.74, 6) is 2.15. The molecule has 0 fully saturated rings. The minimum absolute atomic E-state index is 0.00632. The Morgan fingerprint density at radius 1 is 1.12 bits per heavy atom. The zero-order valence-electron chi connectivity index (χ0n) is 17.9. The first kappa shape index (κ1) is 21.9. The Labute approximate surface area is 199 Å². The van der Waals surface area contributed by atoms with Crippen molar-refractivity contribution in [2.75, 3.05) is 30.0 Å². The molecular formula is C24H23N3O4S2. The predicted octanol–water partition coefficient (Wildman–Crippen LogP) is 3.64. The highest BCUT2D eigenvalue weighted by Gasteiger charge is 2.22. The van der Waals surface area contributed by atoms with Gasteiger partial charge in [-0.2, -0.15) is 0 Å². The molecule has 170 valence electrons. The molecule has 3 aromatic rings. The molecule has 2 aliphatic rings. The highest BCUT2D eigenvalue weighted by Crippen LogP contribution is 2.33. The second kappa shape index (κ2) is 9.93. The number of nitrogens with one attached hydrogen (secondary N) is 1. The van der Waals surface area contributed by atoms with E-state index in [9.17, 15) is 9.59 Å². The van der Waals surface area contributed by atoms with Gasteiger partial charge in [0.15, 0.2) is 16.7 Å². The third-order valence-electron chi connectivity index (χ3n) is 5.37. The van der Waals surface area contributed by atoms with Gasteiger partial charge in [0.05, 0.1) is 16.3 Å². The lowest BCUT2D eigenvalue weighted by Gasteiger charge is -2.19. The molecule has 3 heterocycles. The van der Waals surface area contributed by atoms with E-state index in [1.807, 2.05) is 30.3 Å². The number of nitrogens with zero attached hydrogens (tertiary/aromatic N) is 2. The maximum Gasteiger partial charge on any atom is 0.268 e. The lowest BCUT2D eigenvalue weighted by molar-refractivity contribution is -0.113. The highest BCUT2D eigenvalue weighted by atomic mass is 32.2. The summed E-state index contributed by atoms with van der Waals surface area (Å²) in [7, 11) is 0. The summed E-state index contributed by atoms with van der Waals surface area (Å²) < 4.78 is 12.8. The predicted molar refractivity (Wildman–Crippen MR) is 130 cm³/mol. The number of benzene rings is 2. The number of thioether (sulfide) groups is 2. The number of ether oxygens (including phenoxy) is 2. The minimum Gasteiger partial charge on any atom is -0.486 e. The van der Waals surface area contributed by atoms with Crippen molar-refractivity contribution in [2.45, 2.75) is 29.4 Å². The van der Waals surface area contributed by atoms with Gasteiger partial charge in [-0.3, -0.25) is 14.2 Å². The molecule has 0 bridgehead atoms. The number of fused-ring (bicyclic) bond motifs is 2. The Morgan fingerprint density at radius 3 is 2.79 bits per heavy atom. The van der Waals surface area contributed by atoms with Gasteiger partial charge in [0.2, 0.25) is 5.91 Å². The van der Waals surface area contributed by atoms with E-state index >= 15 is 0 Å². The van der Waals surface area contributed by atoms with E-state index in [1.165, 1.54) is 11.8 Å². The van der Waals surface area contributed by atoms with Gasteiger partial charge in [-0.05, 0) is 24.1 Å². The minimum atomic E-state index is -0.171. The first-order valence-electron chi connectivity index (χ1n) is 10.8. The van der Waals surface area contributed by atoms with Crippen molar-refractivity contribution in [3.63, 3.8) is 0 Å². The molecule has 2 aromatic carbocycles. The highest BCUT2D eigenvalue weighted by molar-refractivity contribution is 8.00. The van der Waals surface area contributed by atoms with Crippen molar-refractivity contribution in [3.05, 3.63) is 70.1 Å². The number of carbonyl (C=O) groups is 1. The maximum absolute atomic E-state index is 13.1. The van der Waals surface area contributed by atoms with Crippen molar-refractivity contribution in [3.8, 4) is 11.5 Å². The molecule has 9 heteroatoms. The summed E-state index contributed by atoms with van der Waals surface area (Å²) in [6.07, 6.45) is 1.51. The van der Waals surface area contributed by atoms with Gasteiger partial charge < -0.3 is 14.8 Å². The molecule has 1 amide bonds. The van der Waals surface area contributed by atoms with Crippen LogP contribution in [0.5, 0.6) is 11.5 Å². The molecule has 0 aliphatic carbocycles. The average Bonchev–Trinajstić information content (AvgIpc) is 3.32. The second-order valence-corrected chi connectivity index (χ2v) is 9.70.